The number of para-hydroxylation sites is 4. The van der Waals surface area contributed by atoms with E-state index < -0.39 is 0 Å². The van der Waals surface area contributed by atoms with Crippen LogP contribution in [-0.2, 0) is 38.9 Å². The molecule has 2 aliphatic rings. The molecule has 13 aromatic rings. The molecule has 100 heavy (non-hydrogen) atoms. The summed E-state index contributed by atoms with van der Waals surface area (Å²) in [6.07, 6.45) is 0.860. The van der Waals surface area contributed by atoms with Gasteiger partial charge in [0.05, 0.1) is 33.4 Å². The molecule has 0 amide bonds. The number of benzene rings is 11. The van der Waals surface area contributed by atoms with Gasteiger partial charge in [0, 0.05) is 66.8 Å². The van der Waals surface area contributed by atoms with Crippen molar-refractivity contribution in [2.45, 2.75) is 184 Å². The van der Waals surface area contributed by atoms with E-state index in [1.54, 1.807) is 0 Å². The van der Waals surface area contributed by atoms with Gasteiger partial charge in [-0.2, -0.15) is 0 Å². The summed E-state index contributed by atoms with van der Waals surface area (Å²) in [5.41, 5.74) is 31.4. The van der Waals surface area contributed by atoms with E-state index in [-0.39, 0.29) is 44.6 Å². The van der Waals surface area contributed by atoms with Crippen LogP contribution in [0.4, 0.5) is 34.1 Å². The fraction of sp³-hybridized carbons (Fsp3) is 0.305. The van der Waals surface area contributed by atoms with Crippen molar-refractivity contribution >= 4 is 101 Å². The summed E-state index contributed by atoms with van der Waals surface area (Å²) in [6.45, 7) is 49.7. The zero-order valence-corrected chi connectivity index (χ0v) is 63.4. The number of rotatable bonds is 7. The van der Waals surface area contributed by atoms with E-state index >= 15 is 0 Å². The van der Waals surface area contributed by atoms with Gasteiger partial charge in [0.2, 0.25) is 0 Å². The second-order valence-corrected chi connectivity index (χ2v) is 36.7. The van der Waals surface area contributed by atoms with Gasteiger partial charge in [-0.1, -0.05) is 279 Å². The van der Waals surface area contributed by atoms with Crippen LogP contribution >= 0.6 is 0 Å². The molecule has 11 aromatic carbocycles. The molecular weight excluding hydrogens is 1210 g/mol. The van der Waals surface area contributed by atoms with Crippen molar-refractivity contribution in [2.24, 2.45) is 5.41 Å². The van der Waals surface area contributed by atoms with Crippen LogP contribution in [0.25, 0.3) is 77.2 Å². The van der Waals surface area contributed by atoms with Gasteiger partial charge in [0.1, 0.15) is 0 Å². The molecule has 0 aliphatic carbocycles. The van der Waals surface area contributed by atoms with Crippen LogP contribution in [0.1, 0.15) is 184 Å². The second kappa shape index (κ2) is 23.1. The second-order valence-electron chi connectivity index (χ2n) is 36.7. The Morgan fingerprint density at radius 1 is 0.270 bits per heavy atom. The largest absolute Gasteiger partial charge is 0.311 e. The topological polar surface area (TPSA) is 16.3 Å². The summed E-state index contributed by atoms with van der Waals surface area (Å²) >= 11 is 0. The molecular formula is C95H101BN4. The first kappa shape index (κ1) is 66.6. The first-order valence-corrected chi connectivity index (χ1v) is 36.6. The molecule has 0 unspecified atom stereocenters. The number of nitrogens with zero attached hydrogens (tertiary/aromatic N) is 4. The summed E-state index contributed by atoms with van der Waals surface area (Å²) < 4.78 is 5.03. The lowest BCUT2D eigenvalue weighted by atomic mass is 9.33. The molecule has 0 saturated heterocycles. The Hall–Kier alpha value is -9.32. The maximum atomic E-state index is 2.73. The molecule has 0 N–H and O–H groups in total. The first-order chi connectivity index (χ1) is 47.0. The van der Waals surface area contributed by atoms with E-state index in [2.05, 4.69) is 383 Å². The van der Waals surface area contributed by atoms with Crippen LogP contribution in [0.2, 0.25) is 0 Å². The first-order valence-electron chi connectivity index (χ1n) is 36.6. The van der Waals surface area contributed by atoms with E-state index in [9.17, 15) is 0 Å². The Morgan fingerprint density at radius 2 is 0.580 bits per heavy atom. The highest BCUT2D eigenvalue weighted by Gasteiger charge is 2.46. The number of anilines is 6. The molecule has 0 saturated carbocycles. The third-order valence-electron chi connectivity index (χ3n) is 21.7. The highest BCUT2D eigenvalue weighted by Crippen LogP contribution is 2.53. The smallest absolute Gasteiger partial charge is 0.252 e. The lowest BCUT2D eigenvalue weighted by Crippen LogP contribution is -2.61. The molecule has 504 valence electrons. The zero-order valence-electron chi connectivity index (χ0n) is 63.4. The Morgan fingerprint density at radius 3 is 0.880 bits per heavy atom. The molecule has 0 atom stereocenters. The highest BCUT2D eigenvalue weighted by molar-refractivity contribution is 7.00. The van der Waals surface area contributed by atoms with Gasteiger partial charge in [0.15, 0.2) is 0 Å². The lowest BCUT2D eigenvalue weighted by Gasteiger charge is -2.45. The van der Waals surface area contributed by atoms with Crippen LogP contribution in [-0.4, -0.2) is 15.8 Å². The molecule has 2 aromatic heterocycles. The van der Waals surface area contributed by atoms with Gasteiger partial charge in [-0.15, -0.1) is 0 Å². The summed E-state index contributed by atoms with van der Waals surface area (Å²) in [5, 5.41) is 4.99. The van der Waals surface area contributed by atoms with E-state index in [4.69, 9.17) is 0 Å². The van der Waals surface area contributed by atoms with Gasteiger partial charge in [-0.25, -0.2) is 0 Å². The highest BCUT2D eigenvalue weighted by atomic mass is 15.2. The third kappa shape index (κ3) is 11.5. The summed E-state index contributed by atoms with van der Waals surface area (Å²) in [7, 11) is 0. The average molecular weight is 1310 g/mol. The average Bonchev–Trinajstić information content (AvgIpc) is 0.795. The molecule has 2 aliphatic heterocycles. The quantitative estimate of drug-likeness (QED) is 0.148. The molecule has 0 spiro atoms. The van der Waals surface area contributed by atoms with Crippen molar-refractivity contribution < 1.29 is 0 Å². The summed E-state index contributed by atoms with van der Waals surface area (Å²) in [6, 6.07) is 86.1. The van der Waals surface area contributed by atoms with Crippen molar-refractivity contribution in [3.63, 3.8) is 0 Å². The predicted octanol–water partition coefficient (Wildman–Crippen LogP) is 24.7. The van der Waals surface area contributed by atoms with E-state index in [1.807, 2.05) is 0 Å². The molecule has 4 heterocycles. The van der Waals surface area contributed by atoms with Gasteiger partial charge >= 0.3 is 0 Å². The molecule has 5 heteroatoms. The fourth-order valence-corrected chi connectivity index (χ4v) is 16.1. The SMILES string of the molecule is CC(C)(C)Cc1cc2c3c(c1)N(c1ccc(C(C)(C)C)cc1-c1cc(C(C)(C)C)cc(C(C)(C)C)c1)c1cc(-n4c5ccccc5c5ccccc54)ccc1B3c1ccc(-n3c4ccccc4c4ccccc43)cc1N2c1ccc(C(C)(C)C)cc1-c1cc(C(C)(C)C)cc(C(C)(C)C)c1. The van der Waals surface area contributed by atoms with Crippen molar-refractivity contribution in [1.82, 2.24) is 9.13 Å². The number of fused-ring (bicyclic) bond motifs is 10. The fourth-order valence-electron chi connectivity index (χ4n) is 16.1. The van der Waals surface area contributed by atoms with E-state index in [0.717, 1.165) is 29.2 Å². The summed E-state index contributed by atoms with van der Waals surface area (Å²) in [5.74, 6) is 0. The molecule has 15 rings (SSSR count). The maximum absolute atomic E-state index is 2.73. The van der Waals surface area contributed by atoms with E-state index in [1.165, 1.54) is 144 Å². The van der Waals surface area contributed by atoms with Crippen LogP contribution in [0.3, 0.4) is 0 Å². The minimum Gasteiger partial charge on any atom is -0.311 e. The van der Waals surface area contributed by atoms with Crippen molar-refractivity contribution in [3.8, 4) is 33.6 Å². The molecule has 4 nitrogen and oxygen atoms in total. The van der Waals surface area contributed by atoms with Crippen LogP contribution in [0.15, 0.2) is 218 Å². The summed E-state index contributed by atoms with van der Waals surface area (Å²) in [4.78, 5) is 5.47. The number of hydrogen-bond acceptors (Lipinski definition) is 2. The maximum Gasteiger partial charge on any atom is 0.252 e. The Kier molecular flexibility index (Phi) is 15.4. The van der Waals surface area contributed by atoms with Gasteiger partial charge < -0.3 is 18.9 Å². The molecule has 0 radical (unpaired) electrons. The standard InChI is InChI=1S/C95H101BN4/c1-89(2,3)58-59-46-86-88-87(47-59)100(83-45-39-63(91(7,8)9)55-75(83)61-50-66(94(16,17)18)53-67(51-61)95(19,20)21)85-57-69(98-80-36-28-24-32-72(80)73-33-25-29-37-81(73)98)41-43-77(85)96(88)76-42-40-68(97-78-34-26-22-30-70(78)71-31-23-27-35-79(71)97)56-84(76)99(86)82-44-38-62(90(4,5)6)54-74(82)60-48-64(92(10,11)12)52-65(49-60)93(13,14)15/h22-57H,58H2,1-21H3. The van der Waals surface area contributed by atoms with Gasteiger partial charge in [-0.3, -0.25) is 0 Å². The minimum absolute atomic E-state index is 0.0604. The third-order valence-corrected chi connectivity index (χ3v) is 21.7. The van der Waals surface area contributed by atoms with Crippen LogP contribution in [0, 0.1) is 5.41 Å². The van der Waals surface area contributed by atoms with Crippen LogP contribution in [0.5, 0.6) is 0 Å². The van der Waals surface area contributed by atoms with Crippen LogP contribution < -0.4 is 26.2 Å². The van der Waals surface area contributed by atoms with Crippen molar-refractivity contribution in [1.29, 1.82) is 0 Å². The Bertz CT molecular complexity index is 4960. The minimum atomic E-state index is -0.173. The zero-order chi connectivity index (χ0) is 70.9. The Balaban J connectivity index is 1.12. The lowest BCUT2D eigenvalue weighted by molar-refractivity contribution is 0.411. The normalized spacial score (nSPS) is 13.8. The number of aromatic nitrogens is 2. The van der Waals surface area contributed by atoms with Crippen molar-refractivity contribution in [2.75, 3.05) is 9.80 Å². The van der Waals surface area contributed by atoms with Crippen molar-refractivity contribution in [3.05, 3.63) is 257 Å². The number of hydrogen-bond donors (Lipinski definition) is 0. The van der Waals surface area contributed by atoms with Gasteiger partial charge in [0.25, 0.3) is 6.71 Å². The van der Waals surface area contributed by atoms with Gasteiger partial charge in [-0.05, 0) is 196 Å². The monoisotopic (exact) mass is 1310 g/mol. The Labute approximate surface area is 596 Å². The predicted molar refractivity (Wildman–Crippen MR) is 435 cm³/mol. The molecule has 0 bridgehead atoms. The molecule has 0 fully saturated rings. The van der Waals surface area contributed by atoms with E-state index in [0.29, 0.717) is 0 Å².